The van der Waals surface area contributed by atoms with Crippen LogP contribution in [0, 0.1) is 11.8 Å². The van der Waals surface area contributed by atoms with E-state index in [9.17, 15) is 4.79 Å². The summed E-state index contributed by atoms with van der Waals surface area (Å²) >= 11 is 0. The molecule has 2 aromatic heterocycles. The topological polar surface area (TPSA) is 79.3 Å². The molecule has 186 valence electrons. The summed E-state index contributed by atoms with van der Waals surface area (Å²) in [7, 11) is 1.74. The van der Waals surface area contributed by atoms with Gasteiger partial charge in [0.15, 0.2) is 5.82 Å². The van der Waals surface area contributed by atoms with Crippen LogP contribution in [0.5, 0.6) is 5.75 Å². The summed E-state index contributed by atoms with van der Waals surface area (Å²) < 4.78 is 7.34. The third-order valence-electron chi connectivity index (χ3n) is 7.62. The van der Waals surface area contributed by atoms with Crippen LogP contribution >= 0.6 is 0 Å². The van der Waals surface area contributed by atoms with Crippen molar-refractivity contribution in [1.29, 1.82) is 0 Å². The van der Waals surface area contributed by atoms with Crippen molar-refractivity contribution in [2.24, 2.45) is 17.6 Å². The van der Waals surface area contributed by atoms with E-state index in [2.05, 4.69) is 27.0 Å². The van der Waals surface area contributed by atoms with Gasteiger partial charge in [-0.2, -0.15) is 0 Å². The second-order valence-electron chi connectivity index (χ2n) is 9.87. The summed E-state index contributed by atoms with van der Waals surface area (Å²) in [6.07, 6.45) is 6.55. The summed E-state index contributed by atoms with van der Waals surface area (Å²) in [5.74, 6) is 2.78. The molecule has 2 amide bonds. The second kappa shape index (κ2) is 10.6. The van der Waals surface area contributed by atoms with Crippen LogP contribution < -0.4 is 20.3 Å². The van der Waals surface area contributed by atoms with Gasteiger partial charge in [0.25, 0.3) is 0 Å². The minimum Gasteiger partial charge on any atom is -0.495 e. The lowest BCUT2D eigenvalue weighted by Gasteiger charge is -2.39. The molecule has 5 rings (SSSR count). The van der Waals surface area contributed by atoms with Crippen molar-refractivity contribution in [1.82, 2.24) is 14.5 Å². The maximum Gasteiger partial charge on any atom is 0.320 e. The lowest BCUT2D eigenvalue weighted by molar-refractivity contribution is 0.174. The Bertz CT molecular complexity index is 1100. The summed E-state index contributed by atoms with van der Waals surface area (Å²) in [5.41, 5.74) is 7.90. The van der Waals surface area contributed by atoms with Gasteiger partial charge in [0.2, 0.25) is 0 Å². The quantitative estimate of drug-likeness (QED) is 0.560. The molecule has 2 N–H and O–H groups in total. The van der Waals surface area contributed by atoms with Gasteiger partial charge < -0.3 is 15.4 Å². The van der Waals surface area contributed by atoms with Crippen LogP contribution in [0.15, 0.2) is 54.7 Å². The molecule has 3 heterocycles. The Morgan fingerprint density at radius 1 is 1.03 bits per heavy atom. The first kappa shape index (κ1) is 23.5. The fourth-order valence-electron chi connectivity index (χ4n) is 5.64. The Hall–Kier alpha value is -3.26. The van der Waals surface area contributed by atoms with Gasteiger partial charge >= 0.3 is 6.03 Å². The van der Waals surface area contributed by atoms with E-state index in [0.717, 1.165) is 56.2 Å². The number of benzene rings is 1. The molecule has 0 unspecified atom stereocenters. The minimum atomic E-state index is -0.427. The molecule has 0 radical (unpaired) electrons. The third-order valence-corrected chi connectivity index (χ3v) is 7.62. The number of pyridine rings is 1. The van der Waals surface area contributed by atoms with Crippen LogP contribution in [-0.4, -0.2) is 66.9 Å². The number of carbonyl (C=O) groups excluding carboxylic acids is 1. The second-order valence-corrected chi connectivity index (χ2v) is 9.87. The van der Waals surface area contributed by atoms with Crippen LogP contribution in [-0.2, 0) is 0 Å². The Morgan fingerprint density at radius 2 is 1.74 bits per heavy atom. The van der Waals surface area contributed by atoms with Crippen LogP contribution in [0.1, 0.15) is 25.7 Å². The van der Waals surface area contributed by atoms with Gasteiger partial charge in [-0.15, -0.1) is 5.10 Å². The molecule has 2 fully saturated rings. The number of para-hydroxylation sites is 2. The van der Waals surface area contributed by atoms with Crippen molar-refractivity contribution in [3.8, 4) is 5.75 Å². The normalized spacial score (nSPS) is 21.2. The van der Waals surface area contributed by atoms with E-state index in [1.165, 1.54) is 25.1 Å². The van der Waals surface area contributed by atoms with Gasteiger partial charge in [-0.25, -0.2) is 9.31 Å². The van der Waals surface area contributed by atoms with Gasteiger partial charge in [0.05, 0.1) is 18.3 Å². The Balaban J connectivity index is 1.10. The standard InChI is InChI=1S/C27H36N6O2/c1-35-25-8-3-2-7-24(25)31-16-14-30(15-17-31)19-21-9-11-22(12-10-21)20-32(27(28)34)26-18-23-6-4-5-13-33(23)29-26/h2-8,13,18,21-22H,9-12,14-17,19-20H2,1H3,(H2,28,34). The number of hydrogen-bond acceptors (Lipinski definition) is 5. The van der Waals surface area contributed by atoms with Crippen LogP contribution in [0.2, 0.25) is 0 Å². The van der Waals surface area contributed by atoms with E-state index in [-0.39, 0.29) is 0 Å². The smallest absolute Gasteiger partial charge is 0.320 e. The first-order valence-electron chi connectivity index (χ1n) is 12.7. The number of amides is 2. The Labute approximate surface area is 207 Å². The number of carbonyl (C=O) groups is 1. The van der Waals surface area contributed by atoms with E-state index in [4.69, 9.17) is 10.5 Å². The van der Waals surface area contributed by atoms with E-state index in [0.29, 0.717) is 18.3 Å². The zero-order chi connectivity index (χ0) is 24.2. The summed E-state index contributed by atoms with van der Waals surface area (Å²) in [6.45, 7) is 6.04. The molecule has 0 bridgehead atoms. The van der Waals surface area contributed by atoms with Crippen molar-refractivity contribution in [2.45, 2.75) is 25.7 Å². The highest BCUT2D eigenvalue weighted by Gasteiger charge is 2.28. The van der Waals surface area contributed by atoms with Gasteiger partial charge in [-0.3, -0.25) is 9.80 Å². The predicted octanol–water partition coefficient (Wildman–Crippen LogP) is 3.86. The number of piperazine rings is 1. The van der Waals surface area contributed by atoms with E-state index in [1.807, 2.05) is 42.6 Å². The first-order chi connectivity index (χ1) is 17.1. The zero-order valence-corrected chi connectivity index (χ0v) is 20.6. The molecule has 0 atom stereocenters. The number of nitrogens with two attached hydrogens (primary N) is 1. The summed E-state index contributed by atoms with van der Waals surface area (Å²) in [6, 6.07) is 15.7. The molecule has 1 saturated heterocycles. The number of nitrogens with zero attached hydrogens (tertiary/aromatic N) is 5. The zero-order valence-electron chi connectivity index (χ0n) is 20.6. The van der Waals surface area contributed by atoms with Gasteiger partial charge in [-0.1, -0.05) is 18.2 Å². The molecule has 1 aliphatic heterocycles. The van der Waals surface area contributed by atoms with Crippen molar-refractivity contribution in [3.63, 3.8) is 0 Å². The largest absolute Gasteiger partial charge is 0.495 e. The average molecular weight is 477 g/mol. The van der Waals surface area contributed by atoms with Crippen LogP contribution in [0.4, 0.5) is 16.3 Å². The number of methoxy groups -OCH3 is 1. The molecule has 2 aliphatic rings. The number of primary amides is 1. The highest BCUT2D eigenvalue weighted by atomic mass is 16.5. The monoisotopic (exact) mass is 476 g/mol. The maximum absolute atomic E-state index is 12.2. The fraction of sp³-hybridized carbons (Fsp3) is 0.481. The summed E-state index contributed by atoms with van der Waals surface area (Å²) in [4.78, 5) is 18.9. The molecule has 3 aromatic rings. The number of anilines is 2. The molecular formula is C27H36N6O2. The number of hydrogen-bond donors (Lipinski definition) is 1. The van der Waals surface area contributed by atoms with Crippen molar-refractivity contribution < 1.29 is 9.53 Å². The number of urea groups is 1. The van der Waals surface area contributed by atoms with Crippen molar-refractivity contribution in [3.05, 3.63) is 54.7 Å². The molecule has 1 saturated carbocycles. The SMILES string of the molecule is COc1ccccc1N1CCN(CC2CCC(CN(C(N)=O)c3cc4ccccn4n3)CC2)CC1. The molecule has 8 heteroatoms. The van der Waals surface area contributed by atoms with Crippen molar-refractivity contribution in [2.75, 3.05) is 56.2 Å². The highest BCUT2D eigenvalue weighted by molar-refractivity contribution is 5.90. The molecule has 35 heavy (non-hydrogen) atoms. The highest BCUT2D eigenvalue weighted by Crippen LogP contribution is 2.32. The number of rotatable bonds is 7. The molecular weight excluding hydrogens is 440 g/mol. The van der Waals surface area contributed by atoms with Gasteiger partial charge in [0, 0.05) is 51.5 Å². The lowest BCUT2D eigenvalue weighted by atomic mass is 9.81. The Kier molecular flexibility index (Phi) is 7.08. The minimum absolute atomic E-state index is 0.427. The third kappa shape index (κ3) is 5.37. The van der Waals surface area contributed by atoms with Gasteiger partial charge in [0.1, 0.15) is 5.75 Å². The molecule has 8 nitrogen and oxygen atoms in total. The Morgan fingerprint density at radius 3 is 2.46 bits per heavy atom. The maximum atomic E-state index is 12.2. The fourth-order valence-corrected chi connectivity index (χ4v) is 5.64. The van der Waals surface area contributed by atoms with Crippen LogP contribution in [0.3, 0.4) is 0 Å². The molecule has 1 aromatic carbocycles. The first-order valence-corrected chi connectivity index (χ1v) is 12.7. The number of ether oxygens (including phenoxy) is 1. The number of fused-ring (bicyclic) bond motifs is 1. The average Bonchev–Trinajstić information content (AvgIpc) is 3.32. The summed E-state index contributed by atoms with van der Waals surface area (Å²) in [5, 5.41) is 4.55. The van der Waals surface area contributed by atoms with Crippen molar-refractivity contribution >= 4 is 23.1 Å². The van der Waals surface area contributed by atoms with E-state index < -0.39 is 6.03 Å². The van der Waals surface area contributed by atoms with Gasteiger partial charge in [-0.05, 0) is 61.8 Å². The van der Waals surface area contributed by atoms with E-state index in [1.54, 1.807) is 16.5 Å². The number of aromatic nitrogens is 2. The lowest BCUT2D eigenvalue weighted by Crippen LogP contribution is -2.48. The van der Waals surface area contributed by atoms with Crippen LogP contribution in [0.25, 0.3) is 5.52 Å². The molecule has 1 aliphatic carbocycles. The predicted molar refractivity (Wildman–Crippen MR) is 139 cm³/mol. The molecule has 0 spiro atoms. The van der Waals surface area contributed by atoms with E-state index >= 15 is 0 Å².